The molecule has 28 heavy (non-hydrogen) atoms. The van der Waals surface area contributed by atoms with Crippen molar-refractivity contribution < 1.29 is 13.9 Å². The van der Waals surface area contributed by atoms with Crippen molar-refractivity contribution in [1.29, 1.82) is 0 Å². The fourth-order valence-electron chi connectivity index (χ4n) is 3.26. The van der Waals surface area contributed by atoms with Crippen LogP contribution in [-0.2, 0) is 9.53 Å². The molecule has 2 aromatic carbocycles. The van der Waals surface area contributed by atoms with E-state index >= 15 is 0 Å². The Bertz CT molecular complexity index is 1160. The van der Waals surface area contributed by atoms with E-state index in [4.69, 9.17) is 4.74 Å². The minimum Gasteiger partial charge on any atom is -0.462 e. The number of nitrogens with zero attached hydrogens (tertiary/aromatic N) is 2. The summed E-state index contributed by atoms with van der Waals surface area (Å²) in [7, 11) is 0. The molecule has 3 aromatic rings. The van der Waals surface area contributed by atoms with E-state index in [0.29, 0.717) is 11.5 Å². The zero-order valence-corrected chi connectivity index (χ0v) is 16.3. The van der Waals surface area contributed by atoms with Gasteiger partial charge in [0.1, 0.15) is 11.6 Å². The lowest BCUT2D eigenvalue weighted by atomic mass is 10.0. The van der Waals surface area contributed by atoms with Crippen LogP contribution >= 0.6 is 0 Å². The van der Waals surface area contributed by atoms with Crippen LogP contribution in [0.2, 0.25) is 0 Å². The maximum atomic E-state index is 14.5. The first-order valence-electron chi connectivity index (χ1n) is 8.91. The summed E-state index contributed by atoms with van der Waals surface area (Å²) >= 11 is 0. The average molecular weight is 380 g/mol. The normalized spacial score (nSPS) is 10.9. The van der Waals surface area contributed by atoms with Crippen molar-refractivity contribution in [1.82, 2.24) is 9.55 Å². The average Bonchev–Trinajstić information content (AvgIpc) is 2.60. The standard InChI is InChI=1S/C22H21FN2O3/c1-6-28-22(27)14(4)17-10-18-20(11-19(17)23)24-15(5)25(21(18)26)16-8-12(2)7-13(3)9-16/h7-11H,4,6H2,1-3,5H3. The summed E-state index contributed by atoms with van der Waals surface area (Å²) in [5.41, 5.74) is 2.38. The molecule has 1 aromatic heterocycles. The number of fused-ring (bicyclic) bond motifs is 1. The highest BCUT2D eigenvalue weighted by Gasteiger charge is 2.19. The van der Waals surface area contributed by atoms with Crippen molar-refractivity contribution >= 4 is 22.4 Å². The lowest BCUT2D eigenvalue weighted by Gasteiger charge is -2.14. The van der Waals surface area contributed by atoms with Gasteiger partial charge in [0.05, 0.1) is 28.8 Å². The van der Waals surface area contributed by atoms with Crippen LogP contribution in [0.4, 0.5) is 4.39 Å². The van der Waals surface area contributed by atoms with E-state index in [1.165, 1.54) is 10.6 Å². The summed E-state index contributed by atoms with van der Waals surface area (Å²) in [5, 5.41) is 0.201. The van der Waals surface area contributed by atoms with E-state index in [0.717, 1.165) is 17.2 Å². The Labute approximate surface area is 162 Å². The van der Waals surface area contributed by atoms with Crippen LogP contribution in [-0.4, -0.2) is 22.1 Å². The molecule has 5 nitrogen and oxygen atoms in total. The molecule has 0 aliphatic heterocycles. The molecule has 0 radical (unpaired) electrons. The predicted octanol–water partition coefficient (Wildman–Crippen LogP) is 4.03. The van der Waals surface area contributed by atoms with Crippen molar-refractivity contribution in [3.8, 4) is 5.69 Å². The molecule has 1 heterocycles. The molecule has 0 aliphatic carbocycles. The van der Waals surface area contributed by atoms with Crippen LogP contribution in [0, 0.1) is 26.6 Å². The number of benzene rings is 2. The highest BCUT2D eigenvalue weighted by atomic mass is 19.1. The van der Waals surface area contributed by atoms with E-state index in [-0.39, 0.29) is 34.2 Å². The Kier molecular flexibility index (Phi) is 5.14. The van der Waals surface area contributed by atoms with Gasteiger partial charge >= 0.3 is 5.97 Å². The summed E-state index contributed by atoms with van der Waals surface area (Å²) in [6.07, 6.45) is 0. The molecule has 144 valence electrons. The van der Waals surface area contributed by atoms with Crippen molar-refractivity contribution in [3.63, 3.8) is 0 Å². The summed E-state index contributed by atoms with van der Waals surface area (Å²) < 4.78 is 20.9. The van der Waals surface area contributed by atoms with Gasteiger partial charge in [0, 0.05) is 11.6 Å². The van der Waals surface area contributed by atoms with Gasteiger partial charge < -0.3 is 4.74 Å². The Hall–Kier alpha value is -3.28. The third kappa shape index (κ3) is 3.45. The van der Waals surface area contributed by atoms with Gasteiger partial charge in [-0.25, -0.2) is 14.2 Å². The smallest absolute Gasteiger partial charge is 0.338 e. The quantitative estimate of drug-likeness (QED) is 0.507. The van der Waals surface area contributed by atoms with Crippen molar-refractivity contribution in [2.45, 2.75) is 27.7 Å². The van der Waals surface area contributed by atoms with E-state index < -0.39 is 11.8 Å². The number of rotatable bonds is 4. The monoisotopic (exact) mass is 380 g/mol. The van der Waals surface area contributed by atoms with Gasteiger partial charge in [-0.1, -0.05) is 12.6 Å². The fourth-order valence-corrected chi connectivity index (χ4v) is 3.26. The lowest BCUT2D eigenvalue weighted by Crippen LogP contribution is -2.23. The molecule has 0 aliphatic rings. The van der Waals surface area contributed by atoms with E-state index in [2.05, 4.69) is 11.6 Å². The highest BCUT2D eigenvalue weighted by molar-refractivity contribution is 6.16. The third-order valence-corrected chi connectivity index (χ3v) is 4.44. The zero-order chi connectivity index (χ0) is 20.6. The molecule has 0 saturated carbocycles. The molecular weight excluding hydrogens is 359 g/mol. The number of carbonyl (C=O) groups excluding carboxylic acids is 1. The summed E-state index contributed by atoms with van der Waals surface area (Å²) in [4.78, 5) is 29.5. The number of aromatic nitrogens is 2. The summed E-state index contributed by atoms with van der Waals surface area (Å²) in [6, 6.07) is 8.25. The molecule has 6 heteroatoms. The first kappa shape index (κ1) is 19.5. The van der Waals surface area contributed by atoms with Crippen molar-refractivity contribution in [2.75, 3.05) is 6.61 Å². The number of hydrogen-bond donors (Lipinski definition) is 0. The summed E-state index contributed by atoms with van der Waals surface area (Å²) in [5.74, 6) is -0.963. The Morgan fingerprint density at radius 3 is 2.39 bits per heavy atom. The van der Waals surface area contributed by atoms with Gasteiger partial charge in [0.25, 0.3) is 5.56 Å². The van der Waals surface area contributed by atoms with Crippen LogP contribution in [0.15, 0.2) is 41.7 Å². The Balaban J connectivity index is 2.27. The second-order valence-electron chi connectivity index (χ2n) is 6.69. The second-order valence-corrected chi connectivity index (χ2v) is 6.69. The van der Waals surface area contributed by atoms with E-state index in [9.17, 15) is 14.0 Å². The fraction of sp³-hybridized carbons (Fsp3) is 0.227. The molecule has 0 spiro atoms. The summed E-state index contributed by atoms with van der Waals surface area (Å²) in [6.45, 7) is 11.0. The molecule has 0 fully saturated rings. The van der Waals surface area contributed by atoms with Crippen LogP contribution < -0.4 is 5.56 Å². The lowest BCUT2D eigenvalue weighted by molar-refractivity contribution is -0.136. The molecule has 0 bridgehead atoms. The minimum absolute atomic E-state index is 0.0688. The molecule has 0 saturated heterocycles. The van der Waals surface area contributed by atoms with Crippen molar-refractivity contribution in [2.24, 2.45) is 0 Å². The van der Waals surface area contributed by atoms with Crippen LogP contribution in [0.5, 0.6) is 0 Å². The number of aryl methyl sites for hydroxylation is 3. The number of carbonyl (C=O) groups is 1. The maximum Gasteiger partial charge on any atom is 0.338 e. The van der Waals surface area contributed by atoms with Gasteiger partial charge in [0.2, 0.25) is 0 Å². The van der Waals surface area contributed by atoms with Crippen LogP contribution in [0.25, 0.3) is 22.2 Å². The first-order chi connectivity index (χ1) is 13.2. The molecule has 0 amide bonds. The second kappa shape index (κ2) is 7.38. The molecule has 0 N–H and O–H groups in total. The van der Waals surface area contributed by atoms with Gasteiger partial charge in [-0.05, 0) is 57.0 Å². The number of esters is 1. The molecule has 0 atom stereocenters. The number of halogens is 1. The number of ether oxygens (including phenoxy) is 1. The van der Waals surface area contributed by atoms with Crippen LogP contribution in [0.3, 0.4) is 0 Å². The SMILES string of the molecule is C=C(C(=O)OCC)c1cc2c(=O)n(-c3cc(C)cc(C)c3)c(C)nc2cc1F. The van der Waals surface area contributed by atoms with E-state index in [1.54, 1.807) is 13.8 Å². The van der Waals surface area contributed by atoms with Gasteiger partial charge in [0.15, 0.2) is 0 Å². The molecule has 0 unspecified atom stereocenters. The number of hydrogen-bond acceptors (Lipinski definition) is 4. The largest absolute Gasteiger partial charge is 0.462 e. The molecule has 3 rings (SSSR count). The highest BCUT2D eigenvalue weighted by Crippen LogP contribution is 2.23. The van der Waals surface area contributed by atoms with E-state index in [1.807, 2.05) is 32.0 Å². The van der Waals surface area contributed by atoms with Gasteiger partial charge in [-0.2, -0.15) is 0 Å². The van der Waals surface area contributed by atoms with Gasteiger partial charge in [-0.3, -0.25) is 9.36 Å². The predicted molar refractivity (Wildman–Crippen MR) is 107 cm³/mol. The van der Waals surface area contributed by atoms with Gasteiger partial charge in [-0.15, -0.1) is 0 Å². The Morgan fingerprint density at radius 2 is 1.79 bits per heavy atom. The maximum absolute atomic E-state index is 14.5. The zero-order valence-electron chi connectivity index (χ0n) is 16.3. The van der Waals surface area contributed by atoms with Crippen molar-refractivity contribution in [3.05, 3.63) is 75.6 Å². The van der Waals surface area contributed by atoms with Crippen LogP contribution in [0.1, 0.15) is 29.4 Å². The molecular formula is C22H21FN2O3. The Morgan fingerprint density at radius 1 is 1.14 bits per heavy atom. The third-order valence-electron chi connectivity index (χ3n) is 4.44. The first-order valence-corrected chi connectivity index (χ1v) is 8.91. The minimum atomic E-state index is -0.726. The topological polar surface area (TPSA) is 61.2 Å².